The van der Waals surface area contributed by atoms with Gasteiger partial charge in [0.15, 0.2) is 17.1 Å². The number of methoxy groups -OCH3 is 1. The summed E-state index contributed by atoms with van der Waals surface area (Å²) in [7, 11) is -1.93. The molecule has 0 fully saturated rings. The van der Waals surface area contributed by atoms with Crippen molar-refractivity contribution < 1.29 is 17.9 Å². The van der Waals surface area contributed by atoms with E-state index in [4.69, 9.17) is 9.47 Å². The largest absolute Gasteiger partial charge is 0.493 e. The Balaban J connectivity index is 1.89. The van der Waals surface area contributed by atoms with E-state index < -0.39 is 21.6 Å². The Kier molecular flexibility index (Phi) is 7.21. The first-order chi connectivity index (χ1) is 17.1. The average molecular weight is 510 g/mol. The molecule has 0 aliphatic rings. The fourth-order valence-electron chi connectivity index (χ4n) is 4.49. The van der Waals surface area contributed by atoms with Gasteiger partial charge >= 0.3 is 5.69 Å². The molecule has 2 heterocycles. The summed E-state index contributed by atoms with van der Waals surface area (Å²) in [5, 5.41) is 0. The molecule has 36 heavy (non-hydrogen) atoms. The van der Waals surface area contributed by atoms with Gasteiger partial charge < -0.3 is 14.5 Å². The molecule has 0 aliphatic carbocycles. The highest BCUT2D eigenvalue weighted by Crippen LogP contribution is 2.34. The van der Waals surface area contributed by atoms with Crippen LogP contribution in [-0.2, 0) is 9.84 Å². The van der Waals surface area contributed by atoms with E-state index in [9.17, 15) is 13.2 Å². The van der Waals surface area contributed by atoms with Gasteiger partial charge in [0.1, 0.15) is 9.84 Å². The first-order valence-electron chi connectivity index (χ1n) is 11.8. The van der Waals surface area contributed by atoms with Crippen LogP contribution in [0.1, 0.15) is 43.9 Å². The molecule has 4 rings (SSSR count). The van der Waals surface area contributed by atoms with Crippen LogP contribution in [0.4, 0.5) is 0 Å². The third-order valence-electron chi connectivity index (χ3n) is 6.09. The number of hydrogen-bond donors (Lipinski definition) is 1. The molecule has 0 saturated heterocycles. The molecule has 0 aliphatic heterocycles. The molecule has 0 bridgehead atoms. The molecule has 0 amide bonds. The van der Waals surface area contributed by atoms with Crippen molar-refractivity contribution in [3.8, 4) is 22.6 Å². The average Bonchev–Trinajstić information content (AvgIpc) is 3.16. The summed E-state index contributed by atoms with van der Waals surface area (Å²) in [5.74, 6) is 1.03. The zero-order chi connectivity index (χ0) is 26.0. The molecule has 1 atom stereocenters. The van der Waals surface area contributed by atoms with Crippen molar-refractivity contribution in [2.75, 3.05) is 25.7 Å². The molecule has 0 radical (unpaired) electrons. The normalized spacial score (nSPS) is 12.7. The zero-order valence-corrected chi connectivity index (χ0v) is 21.9. The maximum atomic E-state index is 13.2. The van der Waals surface area contributed by atoms with Crippen LogP contribution in [0, 0.1) is 0 Å². The Bertz CT molecular complexity index is 1550. The topological polar surface area (TPSA) is 103 Å². The number of aromatic nitrogens is 3. The van der Waals surface area contributed by atoms with Gasteiger partial charge in [-0.1, -0.05) is 44.2 Å². The van der Waals surface area contributed by atoms with E-state index in [0.717, 1.165) is 17.4 Å². The van der Waals surface area contributed by atoms with Crippen molar-refractivity contribution >= 4 is 21.0 Å². The molecule has 2 aromatic carbocycles. The molecule has 0 spiro atoms. The molecule has 0 unspecified atom stereocenters. The van der Waals surface area contributed by atoms with E-state index in [1.807, 2.05) is 31.2 Å². The maximum Gasteiger partial charge on any atom is 0.328 e. The van der Waals surface area contributed by atoms with Gasteiger partial charge in [-0.15, -0.1) is 0 Å². The number of rotatable bonds is 9. The van der Waals surface area contributed by atoms with Gasteiger partial charge in [0, 0.05) is 18.0 Å². The summed E-state index contributed by atoms with van der Waals surface area (Å²) in [6.45, 7) is 6.52. The lowest BCUT2D eigenvalue weighted by atomic mass is 9.93. The Morgan fingerprint density at radius 1 is 1.08 bits per heavy atom. The minimum atomic E-state index is -3.46. The van der Waals surface area contributed by atoms with E-state index in [1.54, 1.807) is 24.4 Å². The lowest BCUT2D eigenvalue weighted by molar-refractivity contribution is 0.310. The monoisotopic (exact) mass is 509 g/mol. The molecule has 9 heteroatoms. The molecule has 1 N–H and O–H groups in total. The molecular formula is C27H31N3O5S. The Labute approximate surface area is 210 Å². The van der Waals surface area contributed by atoms with E-state index >= 15 is 0 Å². The first kappa shape index (κ1) is 25.5. The number of hydrogen-bond acceptors (Lipinski definition) is 6. The van der Waals surface area contributed by atoms with Crippen LogP contribution >= 0.6 is 0 Å². The minimum Gasteiger partial charge on any atom is -0.493 e. The van der Waals surface area contributed by atoms with Crippen LogP contribution in [-0.4, -0.2) is 48.7 Å². The quantitative estimate of drug-likeness (QED) is 0.355. The highest BCUT2D eigenvalue weighted by molar-refractivity contribution is 7.90. The third kappa shape index (κ3) is 5.16. The van der Waals surface area contributed by atoms with Crippen molar-refractivity contribution in [3.05, 3.63) is 76.3 Å². The number of imidazole rings is 1. The van der Waals surface area contributed by atoms with E-state index in [1.165, 1.54) is 17.2 Å². The Morgan fingerprint density at radius 2 is 1.83 bits per heavy atom. The zero-order valence-electron chi connectivity index (χ0n) is 21.1. The number of sulfone groups is 1. The molecule has 0 saturated carbocycles. The van der Waals surface area contributed by atoms with Crippen molar-refractivity contribution in [2.45, 2.75) is 32.7 Å². The second-order valence-corrected chi connectivity index (χ2v) is 11.3. The highest BCUT2D eigenvalue weighted by atomic mass is 32.2. The number of pyridine rings is 1. The second-order valence-electron chi connectivity index (χ2n) is 9.09. The number of ether oxygens (including phenoxy) is 2. The number of nitrogens with zero attached hydrogens (tertiary/aromatic N) is 2. The number of aromatic amines is 1. The van der Waals surface area contributed by atoms with Gasteiger partial charge in [-0.2, -0.15) is 0 Å². The Morgan fingerprint density at radius 3 is 2.50 bits per heavy atom. The summed E-state index contributed by atoms with van der Waals surface area (Å²) < 4.78 is 37.3. The molecular weight excluding hydrogens is 478 g/mol. The number of fused-ring (bicyclic) bond motifs is 1. The van der Waals surface area contributed by atoms with Gasteiger partial charge in [0.2, 0.25) is 0 Å². The predicted molar refractivity (Wildman–Crippen MR) is 142 cm³/mol. The van der Waals surface area contributed by atoms with Gasteiger partial charge in [-0.3, -0.25) is 4.57 Å². The summed E-state index contributed by atoms with van der Waals surface area (Å²) in [4.78, 5) is 20.7. The minimum absolute atomic E-state index is 0.280. The van der Waals surface area contributed by atoms with Crippen LogP contribution in [0.25, 0.3) is 22.3 Å². The van der Waals surface area contributed by atoms with Crippen LogP contribution < -0.4 is 15.2 Å². The van der Waals surface area contributed by atoms with E-state index in [2.05, 4.69) is 29.9 Å². The molecule has 4 aromatic rings. The molecule has 2 aromatic heterocycles. The Hall–Kier alpha value is -3.59. The second kappa shape index (κ2) is 10.2. The van der Waals surface area contributed by atoms with Crippen molar-refractivity contribution in [1.29, 1.82) is 0 Å². The standard InChI is InChI=1S/C27H31N3O5S/c1-6-35-25-14-18(11-12-24(25)34-4)23(16-36(5,32)33)30-26-22(29-27(30)31)13-19(15-28-26)21-10-8-7-9-20(21)17(2)3/h7-15,17,23H,6,16H2,1-5H3,(H,29,31)/t23-/m1/s1. The maximum absolute atomic E-state index is 13.2. The lowest BCUT2D eigenvalue weighted by Crippen LogP contribution is -2.28. The van der Waals surface area contributed by atoms with Crippen LogP contribution in [0.5, 0.6) is 11.5 Å². The predicted octanol–water partition coefficient (Wildman–Crippen LogP) is 4.56. The third-order valence-corrected chi connectivity index (χ3v) is 7.01. The van der Waals surface area contributed by atoms with Gasteiger partial charge in [0.05, 0.1) is 31.0 Å². The van der Waals surface area contributed by atoms with E-state index in [0.29, 0.717) is 40.8 Å². The summed E-state index contributed by atoms with van der Waals surface area (Å²) in [5.41, 5.74) is 4.18. The lowest BCUT2D eigenvalue weighted by Gasteiger charge is -2.20. The van der Waals surface area contributed by atoms with Crippen molar-refractivity contribution in [3.63, 3.8) is 0 Å². The van der Waals surface area contributed by atoms with E-state index in [-0.39, 0.29) is 5.75 Å². The number of nitrogens with one attached hydrogen (secondary N) is 1. The summed E-state index contributed by atoms with van der Waals surface area (Å²) in [6.07, 6.45) is 2.88. The molecule has 190 valence electrons. The number of H-pyrrole nitrogens is 1. The van der Waals surface area contributed by atoms with Gasteiger partial charge in [-0.25, -0.2) is 18.2 Å². The highest BCUT2D eigenvalue weighted by Gasteiger charge is 2.26. The molecule has 8 nitrogen and oxygen atoms in total. The van der Waals surface area contributed by atoms with Crippen LogP contribution in [0.3, 0.4) is 0 Å². The fraction of sp³-hybridized carbons (Fsp3) is 0.333. The van der Waals surface area contributed by atoms with Gasteiger partial charge in [-0.05, 0) is 47.7 Å². The SMILES string of the molecule is CCOc1cc([C@@H](CS(C)(=O)=O)n2c(=O)[nH]c3cc(-c4ccccc4C(C)C)cnc32)ccc1OC. The van der Waals surface area contributed by atoms with Crippen molar-refractivity contribution in [2.24, 2.45) is 0 Å². The first-order valence-corrected chi connectivity index (χ1v) is 13.9. The van der Waals surface area contributed by atoms with Crippen LogP contribution in [0.2, 0.25) is 0 Å². The van der Waals surface area contributed by atoms with Crippen molar-refractivity contribution in [1.82, 2.24) is 14.5 Å². The van der Waals surface area contributed by atoms with Gasteiger partial charge in [0.25, 0.3) is 0 Å². The smallest absolute Gasteiger partial charge is 0.328 e. The summed E-state index contributed by atoms with van der Waals surface area (Å²) >= 11 is 0. The van der Waals surface area contributed by atoms with Crippen LogP contribution in [0.15, 0.2) is 59.5 Å². The fourth-order valence-corrected chi connectivity index (χ4v) is 5.40. The summed E-state index contributed by atoms with van der Waals surface area (Å²) in [6, 6.07) is 14.3. The number of benzene rings is 2.